The van der Waals surface area contributed by atoms with E-state index in [4.69, 9.17) is 37.9 Å². The van der Waals surface area contributed by atoms with Crippen LogP contribution in [0.15, 0.2) is 14.4 Å². The zero-order valence-electron chi connectivity index (χ0n) is 26.4. The van der Waals surface area contributed by atoms with E-state index in [1.807, 2.05) is 4.98 Å². The van der Waals surface area contributed by atoms with Gasteiger partial charge in [-0.2, -0.15) is 0 Å². The molecule has 8 unspecified atom stereocenters. The fraction of sp³-hybridized carbons (Fsp3) is 0.593. The second-order valence-corrected chi connectivity index (χ2v) is 10.7. The number of aromatic nitrogens is 4. The summed E-state index contributed by atoms with van der Waals surface area (Å²) in [5.74, 6) is -5.00. The van der Waals surface area contributed by atoms with Gasteiger partial charge in [-0.15, -0.1) is 0 Å². The lowest BCUT2D eigenvalue weighted by Gasteiger charge is -2.24. The molecule has 2 aromatic heterocycles. The Morgan fingerprint density at radius 3 is 1.33 bits per heavy atom. The van der Waals surface area contributed by atoms with Crippen LogP contribution in [0.25, 0.3) is 11.2 Å². The number of imidazole rings is 1. The number of esters is 6. The summed E-state index contributed by atoms with van der Waals surface area (Å²) in [5, 5.41) is 0. The maximum Gasteiger partial charge on any atom is 0.332 e. The Morgan fingerprint density at radius 2 is 0.938 bits per heavy atom. The molecule has 4 rings (SSSR count). The van der Waals surface area contributed by atoms with E-state index in [1.165, 1.54) is 0 Å². The van der Waals surface area contributed by atoms with Crippen molar-refractivity contribution in [2.75, 3.05) is 13.2 Å². The molecule has 2 fully saturated rings. The molecule has 0 bridgehead atoms. The van der Waals surface area contributed by atoms with Crippen LogP contribution in [-0.4, -0.2) is 105 Å². The van der Waals surface area contributed by atoms with E-state index < -0.39 is 126 Å². The molecule has 2 saturated heterocycles. The van der Waals surface area contributed by atoms with E-state index in [1.54, 1.807) is 0 Å². The van der Waals surface area contributed by atoms with Gasteiger partial charge in [0.2, 0.25) is 0 Å². The topological polar surface area (TPSA) is 269 Å². The van der Waals surface area contributed by atoms with Crippen molar-refractivity contribution in [3.8, 4) is 0 Å². The summed E-state index contributed by atoms with van der Waals surface area (Å²) in [6.07, 6.45) is -12.1. The highest BCUT2D eigenvalue weighted by Crippen LogP contribution is 2.37. The van der Waals surface area contributed by atoms with E-state index in [2.05, 4.69) is 4.98 Å². The number of H-pyrrole nitrogens is 2. The van der Waals surface area contributed by atoms with Gasteiger partial charge < -0.3 is 37.9 Å². The van der Waals surface area contributed by atoms with Crippen molar-refractivity contribution in [1.82, 2.24) is 19.1 Å². The zero-order chi connectivity index (χ0) is 35.6. The third kappa shape index (κ3) is 7.46. The number of hydrogen-bond acceptors (Lipinski definition) is 17. The average Bonchev–Trinajstić information content (AvgIpc) is 3.57. The van der Waals surface area contributed by atoms with Crippen molar-refractivity contribution in [1.29, 1.82) is 0 Å². The van der Waals surface area contributed by atoms with E-state index in [9.17, 15) is 43.2 Å². The summed E-state index contributed by atoms with van der Waals surface area (Å²) >= 11 is 0. The minimum Gasteiger partial charge on any atom is -0.463 e. The minimum absolute atomic E-state index is 0.525. The fourth-order valence-corrected chi connectivity index (χ4v) is 5.43. The van der Waals surface area contributed by atoms with E-state index in [0.29, 0.717) is 9.13 Å². The normalized spacial score (nSPS) is 26.5. The van der Waals surface area contributed by atoms with Gasteiger partial charge >= 0.3 is 47.2 Å². The Labute approximate surface area is 268 Å². The molecule has 2 aliphatic heterocycles. The van der Waals surface area contributed by atoms with Crippen molar-refractivity contribution >= 4 is 47.0 Å². The number of fused-ring (bicyclic) bond motifs is 1. The number of nitrogens with one attached hydrogen (secondary N) is 2. The molecule has 0 aromatic carbocycles. The number of nitrogens with zero attached hydrogens (tertiary/aromatic N) is 2. The van der Waals surface area contributed by atoms with Crippen LogP contribution in [0.2, 0.25) is 0 Å². The lowest BCUT2D eigenvalue weighted by molar-refractivity contribution is -0.166. The average molecular weight is 685 g/mol. The van der Waals surface area contributed by atoms with Gasteiger partial charge in [-0.25, -0.2) is 14.2 Å². The molecule has 262 valence electrons. The molecule has 4 heterocycles. The van der Waals surface area contributed by atoms with Gasteiger partial charge in [0.05, 0.1) is 0 Å². The molecule has 2 aromatic rings. The molecule has 0 amide bonds. The first kappa shape index (κ1) is 35.5. The highest BCUT2D eigenvalue weighted by atomic mass is 16.7. The SMILES string of the molecule is CC(=O)OCC1OC(n2c(=O)[nH]c(=O)c3c2[nH]c(=O)n3C2OC(COC(C)=O)C(OC(C)=O)C2OC(C)=O)C(OC(C)=O)C1OC(C)=O. The monoisotopic (exact) mass is 684 g/mol. The Morgan fingerprint density at radius 1 is 0.562 bits per heavy atom. The van der Waals surface area contributed by atoms with Crippen molar-refractivity contribution < 1.29 is 66.7 Å². The lowest BCUT2D eigenvalue weighted by atomic mass is 10.1. The molecule has 0 aliphatic carbocycles. The maximum atomic E-state index is 13.6. The predicted octanol–water partition coefficient (Wildman–Crippen LogP) is -2.17. The van der Waals surface area contributed by atoms with Crippen LogP contribution in [0.5, 0.6) is 0 Å². The van der Waals surface area contributed by atoms with Gasteiger partial charge in [0, 0.05) is 41.5 Å². The smallest absolute Gasteiger partial charge is 0.332 e. The summed E-state index contributed by atoms with van der Waals surface area (Å²) in [5.41, 5.74) is -4.57. The number of rotatable bonds is 10. The lowest BCUT2D eigenvalue weighted by Crippen LogP contribution is -2.43. The summed E-state index contributed by atoms with van der Waals surface area (Å²) in [7, 11) is 0. The molecule has 0 radical (unpaired) electrons. The molecule has 2 aliphatic rings. The van der Waals surface area contributed by atoms with Crippen LogP contribution in [0.4, 0.5) is 0 Å². The maximum absolute atomic E-state index is 13.6. The van der Waals surface area contributed by atoms with Gasteiger partial charge in [0.15, 0.2) is 48.0 Å². The Balaban J connectivity index is 1.91. The summed E-state index contributed by atoms with van der Waals surface area (Å²) in [6, 6.07) is 0. The van der Waals surface area contributed by atoms with Gasteiger partial charge in [0.1, 0.15) is 25.4 Å². The van der Waals surface area contributed by atoms with Crippen molar-refractivity contribution in [2.45, 2.75) is 90.6 Å². The molecule has 0 spiro atoms. The Hall–Kier alpha value is -5.31. The van der Waals surface area contributed by atoms with Crippen LogP contribution >= 0.6 is 0 Å². The molecular weight excluding hydrogens is 652 g/mol. The summed E-state index contributed by atoms with van der Waals surface area (Å²) < 4.78 is 44.5. The number of aromatic amines is 2. The first-order chi connectivity index (χ1) is 22.5. The van der Waals surface area contributed by atoms with Crippen molar-refractivity contribution in [3.63, 3.8) is 0 Å². The number of carbonyl (C=O) groups is 6. The predicted molar refractivity (Wildman–Crippen MR) is 151 cm³/mol. The van der Waals surface area contributed by atoms with Crippen LogP contribution < -0.4 is 16.9 Å². The number of hydrogen-bond donors (Lipinski definition) is 2. The second kappa shape index (κ2) is 14.2. The standard InChI is InChI=1S/C27H32N4O17/c1-9(32)41-7-15-18(43-11(3)34)20(45-13(5)36)24(47-15)30-17-22(28-26(30)39)31(27(40)29-23(17)38)25-21(46-14(6)37)19(44-12(4)35)16(48-25)8-42-10(2)33/h15-16,18-21,24-25H,7-8H2,1-6H3,(H,28,39)(H,29,38,40). The van der Waals surface area contributed by atoms with E-state index in [-0.39, 0.29) is 0 Å². The quantitative estimate of drug-likeness (QED) is 0.199. The largest absolute Gasteiger partial charge is 0.463 e. The number of carbonyl (C=O) groups excluding carboxylic acids is 6. The van der Waals surface area contributed by atoms with Crippen molar-refractivity contribution in [2.24, 2.45) is 0 Å². The van der Waals surface area contributed by atoms with Gasteiger partial charge in [-0.3, -0.25) is 48.1 Å². The first-order valence-electron chi connectivity index (χ1n) is 14.3. The van der Waals surface area contributed by atoms with Crippen molar-refractivity contribution in [3.05, 3.63) is 31.3 Å². The highest BCUT2D eigenvalue weighted by molar-refractivity contribution is 5.71. The molecule has 21 heteroatoms. The molecule has 8 atom stereocenters. The molecule has 0 saturated carbocycles. The highest BCUT2D eigenvalue weighted by Gasteiger charge is 2.54. The summed E-state index contributed by atoms with van der Waals surface area (Å²) in [4.78, 5) is 116. The fourth-order valence-electron chi connectivity index (χ4n) is 5.43. The van der Waals surface area contributed by atoms with Crippen LogP contribution in [-0.2, 0) is 66.7 Å². The second-order valence-electron chi connectivity index (χ2n) is 10.7. The Kier molecular flexibility index (Phi) is 10.5. The van der Waals surface area contributed by atoms with E-state index in [0.717, 1.165) is 41.5 Å². The van der Waals surface area contributed by atoms with Gasteiger partial charge in [-0.05, 0) is 0 Å². The van der Waals surface area contributed by atoms with Gasteiger partial charge in [-0.1, -0.05) is 0 Å². The van der Waals surface area contributed by atoms with Crippen LogP contribution in [0, 0.1) is 0 Å². The molecule has 2 N–H and O–H groups in total. The summed E-state index contributed by atoms with van der Waals surface area (Å²) in [6.45, 7) is 5.26. The van der Waals surface area contributed by atoms with Crippen LogP contribution in [0.3, 0.4) is 0 Å². The first-order valence-corrected chi connectivity index (χ1v) is 14.3. The van der Waals surface area contributed by atoms with Crippen LogP contribution in [0.1, 0.15) is 54.0 Å². The zero-order valence-corrected chi connectivity index (χ0v) is 26.4. The van der Waals surface area contributed by atoms with E-state index >= 15 is 0 Å². The third-order valence-corrected chi connectivity index (χ3v) is 6.99. The molecule has 48 heavy (non-hydrogen) atoms. The minimum atomic E-state index is -1.72. The molecule has 21 nitrogen and oxygen atoms in total. The third-order valence-electron chi connectivity index (χ3n) is 6.99. The van der Waals surface area contributed by atoms with Gasteiger partial charge in [0.25, 0.3) is 5.56 Å². The number of ether oxygens (including phenoxy) is 8. The Bertz CT molecular complexity index is 1800. The molecular formula is C27H32N4O17.